The number of nitrogens with one attached hydrogen (secondary N) is 1. The van der Waals surface area contributed by atoms with E-state index in [0.29, 0.717) is 18.6 Å². The highest BCUT2D eigenvalue weighted by atomic mass is 19.1. The van der Waals surface area contributed by atoms with Crippen LogP contribution in [0.5, 0.6) is 0 Å². The zero-order valence-electron chi connectivity index (χ0n) is 13.4. The minimum atomic E-state index is -0.245. The average Bonchev–Trinajstić information content (AvgIpc) is 2.76. The second kappa shape index (κ2) is 5.99. The molecular weight excluding hydrogens is 291 g/mol. The van der Waals surface area contributed by atoms with Crippen molar-refractivity contribution in [2.24, 2.45) is 0 Å². The fourth-order valence-electron chi connectivity index (χ4n) is 4.21. The van der Waals surface area contributed by atoms with Crippen molar-refractivity contribution in [1.82, 2.24) is 10.2 Å². The summed E-state index contributed by atoms with van der Waals surface area (Å²) in [6.45, 7) is 0.461. The third-order valence-electron chi connectivity index (χ3n) is 5.63. The standard InChI is InChI=1S/C19H23FN2O/c20-16-6-4-13(5-7-16)12-21-19(23)22-17-8-9-18(22)11-15(10-17)14-2-1-3-14/h4-7,17-18H,1-3,8-12H2,(H,21,23). The molecule has 0 spiro atoms. The van der Waals surface area contributed by atoms with Gasteiger partial charge in [-0.25, -0.2) is 9.18 Å². The van der Waals surface area contributed by atoms with Gasteiger partial charge < -0.3 is 10.2 Å². The van der Waals surface area contributed by atoms with E-state index in [2.05, 4.69) is 10.2 Å². The molecule has 0 radical (unpaired) electrons. The summed E-state index contributed by atoms with van der Waals surface area (Å²) in [6.07, 6.45) is 8.33. The molecule has 3 fully saturated rings. The lowest BCUT2D eigenvalue weighted by atomic mass is 9.82. The number of carbonyl (C=O) groups is 1. The fraction of sp³-hybridized carbons (Fsp3) is 0.526. The Morgan fingerprint density at radius 1 is 1.09 bits per heavy atom. The molecule has 1 saturated carbocycles. The first-order chi connectivity index (χ1) is 11.2. The number of rotatable bonds is 2. The molecule has 3 aliphatic rings. The molecule has 4 rings (SSSR count). The first-order valence-corrected chi connectivity index (χ1v) is 8.71. The van der Waals surface area contributed by atoms with Crippen molar-refractivity contribution in [3.05, 3.63) is 46.8 Å². The van der Waals surface area contributed by atoms with Crippen LogP contribution in [0.2, 0.25) is 0 Å². The van der Waals surface area contributed by atoms with Gasteiger partial charge in [0.05, 0.1) is 0 Å². The molecule has 2 heterocycles. The van der Waals surface area contributed by atoms with Gasteiger partial charge in [-0.15, -0.1) is 0 Å². The number of fused-ring (bicyclic) bond motifs is 2. The van der Waals surface area contributed by atoms with Gasteiger partial charge in [0.25, 0.3) is 0 Å². The predicted octanol–water partition coefficient (Wildman–Crippen LogP) is 4.14. The van der Waals surface area contributed by atoms with Gasteiger partial charge in [0, 0.05) is 18.6 Å². The first kappa shape index (κ1) is 14.7. The van der Waals surface area contributed by atoms with E-state index < -0.39 is 0 Å². The maximum absolute atomic E-state index is 12.9. The summed E-state index contributed by atoms with van der Waals surface area (Å²) in [5, 5.41) is 3.01. The molecule has 1 N–H and O–H groups in total. The number of piperidine rings is 1. The first-order valence-electron chi connectivity index (χ1n) is 8.71. The van der Waals surface area contributed by atoms with E-state index in [4.69, 9.17) is 0 Å². The number of benzene rings is 1. The molecule has 3 nitrogen and oxygen atoms in total. The molecule has 2 atom stereocenters. The Morgan fingerprint density at radius 2 is 1.74 bits per heavy atom. The highest BCUT2D eigenvalue weighted by molar-refractivity contribution is 5.75. The topological polar surface area (TPSA) is 32.3 Å². The minimum Gasteiger partial charge on any atom is -0.334 e. The van der Waals surface area contributed by atoms with Gasteiger partial charge in [-0.1, -0.05) is 23.3 Å². The van der Waals surface area contributed by atoms with E-state index in [1.54, 1.807) is 23.3 Å². The predicted molar refractivity (Wildman–Crippen MR) is 87.4 cm³/mol. The summed E-state index contributed by atoms with van der Waals surface area (Å²) in [5.74, 6) is -0.245. The third kappa shape index (κ3) is 2.87. The Bertz CT molecular complexity index is 615. The van der Waals surface area contributed by atoms with Crippen LogP contribution in [0.1, 0.15) is 50.5 Å². The Labute approximate surface area is 136 Å². The monoisotopic (exact) mass is 314 g/mol. The van der Waals surface area contributed by atoms with Gasteiger partial charge in [-0.2, -0.15) is 0 Å². The number of carbonyl (C=O) groups excluding carboxylic acids is 1. The van der Waals surface area contributed by atoms with Crippen molar-refractivity contribution in [1.29, 1.82) is 0 Å². The van der Waals surface area contributed by atoms with Crippen LogP contribution in [0.25, 0.3) is 0 Å². The zero-order chi connectivity index (χ0) is 15.8. The van der Waals surface area contributed by atoms with Gasteiger partial charge in [0.15, 0.2) is 0 Å². The molecule has 122 valence electrons. The molecule has 2 bridgehead atoms. The fourth-order valence-corrected chi connectivity index (χ4v) is 4.21. The molecule has 4 heteroatoms. The summed E-state index contributed by atoms with van der Waals surface area (Å²) in [6, 6.07) is 7.11. The maximum atomic E-state index is 12.9. The van der Waals surface area contributed by atoms with Crippen LogP contribution in [0.15, 0.2) is 35.4 Å². The van der Waals surface area contributed by atoms with Gasteiger partial charge in [-0.3, -0.25) is 0 Å². The van der Waals surface area contributed by atoms with Crippen molar-refractivity contribution in [3.8, 4) is 0 Å². The number of nitrogens with zero attached hydrogens (tertiary/aromatic N) is 1. The Hall–Kier alpha value is -1.84. The van der Waals surface area contributed by atoms with Gasteiger partial charge in [-0.05, 0) is 62.6 Å². The number of amides is 2. The second-order valence-corrected chi connectivity index (χ2v) is 7.05. The van der Waals surface area contributed by atoms with Gasteiger partial charge >= 0.3 is 6.03 Å². The van der Waals surface area contributed by atoms with Crippen LogP contribution < -0.4 is 5.32 Å². The van der Waals surface area contributed by atoms with E-state index in [1.807, 2.05) is 0 Å². The van der Waals surface area contributed by atoms with Crippen LogP contribution >= 0.6 is 0 Å². The molecule has 2 aliphatic heterocycles. The van der Waals surface area contributed by atoms with Crippen LogP contribution in [-0.2, 0) is 6.54 Å². The Balaban J connectivity index is 1.38. The Kier molecular flexibility index (Phi) is 3.83. The number of hydrogen-bond donors (Lipinski definition) is 1. The van der Waals surface area contributed by atoms with Crippen molar-refractivity contribution in [2.45, 2.75) is 63.6 Å². The minimum absolute atomic E-state index is 0.0412. The summed E-state index contributed by atoms with van der Waals surface area (Å²) >= 11 is 0. The molecule has 1 aromatic carbocycles. The molecule has 0 aromatic heterocycles. The van der Waals surface area contributed by atoms with Crippen LogP contribution in [0, 0.1) is 5.82 Å². The SMILES string of the molecule is O=C(NCc1ccc(F)cc1)N1C2CCC1CC(=C1CCC1)C2. The van der Waals surface area contributed by atoms with E-state index in [1.165, 1.54) is 31.4 Å². The third-order valence-corrected chi connectivity index (χ3v) is 5.63. The van der Waals surface area contributed by atoms with Crippen molar-refractivity contribution < 1.29 is 9.18 Å². The van der Waals surface area contributed by atoms with Crippen molar-refractivity contribution >= 4 is 6.03 Å². The molecule has 2 unspecified atom stereocenters. The molecule has 1 aliphatic carbocycles. The van der Waals surface area contributed by atoms with E-state index in [9.17, 15) is 9.18 Å². The van der Waals surface area contributed by atoms with Gasteiger partial charge in [0.1, 0.15) is 5.82 Å². The highest BCUT2D eigenvalue weighted by Crippen LogP contribution is 2.43. The molecular formula is C19H23FN2O. The molecule has 2 amide bonds. The van der Waals surface area contributed by atoms with E-state index >= 15 is 0 Å². The summed E-state index contributed by atoms with van der Waals surface area (Å²) in [5.41, 5.74) is 4.25. The van der Waals surface area contributed by atoms with Crippen LogP contribution in [0.3, 0.4) is 0 Å². The number of urea groups is 1. The number of halogens is 1. The lowest BCUT2D eigenvalue weighted by Gasteiger charge is -2.38. The smallest absolute Gasteiger partial charge is 0.318 e. The number of hydrogen-bond acceptors (Lipinski definition) is 1. The Morgan fingerprint density at radius 3 is 2.30 bits per heavy atom. The van der Waals surface area contributed by atoms with E-state index in [0.717, 1.165) is 31.2 Å². The van der Waals surface area contributed by atoms with Gasteiger partial charge in [0.2, 0.25) is 0 Å². The normalized spacial score (nSPS) is 26.2. The quantitative estimate of drug-likeness (QED) is 0.817. The van der Waals surface area contributed by atoms with Crippen LogP contribution in [-0.4, -0.2) is 23.0 Å². The molecule has 23 heavy (non-hydrogen) atoms. The zero-order valence-corrected chi connectivity index (χ0v) is 13.4. The van der Waals surface area contributed by atoms with Crippen molar-refractivity contribution in [3.63, 3.8) is 0 Å². The van der Waals surface area contributed by atoms with Crippen molar-refractivity contribution in [2.75, 3.05) is 0 Å². The summed E-state index contributed by atoms with van der Waals surface area (Å²) in [7, 11) is 0. The lowest BCUT2D eigenvalue weighted by molar-refractivity contribution is 0.159. The summed E-state index contributed by atoms with van der Waals surface area (Å²) in [4.78, 5) is 14.7. The average molecular weight is 314 g/mol. The van der Waals surface area contributed by atoms with E-state index in [-0.39, 0.29) is 11.8 Å². The molecule has 2 saturated heterocycles. The number of allylic oxidation sites excluding steroid dienone is 1. The highest BCUT2D eigenvalue weighted by Gasteiger charge is 2.42. The van der Waals surface area contributed by atoms with Crippen LogP contribution in [0.4, 0.5) is 9.18 Å². The maximum Gasteiger partial charge on any atom is 0.318 e. The lowest BCUT2D eigenvalue weighted by Crippen LogP contribution is -2.49. The summed E-state index contributed by atoms with van der Waals surface area (Å²) < 4.78 is 12.9. The largest absolute Gasteiger partial charge is 0.334 e. The molecule has 1 aromatic rings. The second-order valence-electron chi connectivity index (χ2n) is 7.05.